The molecule has 1 aromatic heterocycles. The molecule has 0 saturated carbocycles. The van der Waals surface area contributed by atoms with Crippen molar-refractivity contribution in [2.45, 2.75) is 11.8 Å². The summed E-state index contributed by atoms with van der Waals surface area (Å²) in [6.07, 6.45) is 2.67. The van der Waals surface area contributed by atoms with E-state index < -0.39 is 17.8 Å². The van der Waals surface area contributed by atoms with Crippen LogP contribution in [0.4, 0.5) is 4.39 Å². The summed E-state index contributed by atoms with van der Waals surface area (Å²) < 4.78 is 12.7. The summed E-state index contributed by atoms with van der Waals surface area (Å²) in [4.78, 5) is 14.1. The van der Waals surface area contributed by atoms with Gasteiger partial charge in [-0.05, 0) is 11.6 Å². The molecule has 15 heavy (non-hydrogen) atoms. The second-order valence-electron chi connectivity index (χ2n) is 2.97. The number of rotatable bonds is 5. The summed E-state index contributed by atoms with van der Waals surface area (Å²) in [5.74, 6) is -0.618. The minimum atomic E-state index is -1.03. The van der Waals surface area contributed by atoms with Crippen molar-refractivity contribution in [3.63, 3.8) is 0 Å². The van der Waals surface area contributed by atoms with Gasteiger partial charge in [0.15, 0.2) is 0 Å². The molecule has 0 aliphatic carbocycles. The number of pyridine rings is 1. The van der Waals surface area contributed by atoms with Crippen LogP contribution in [0.3, 0.4) is 0 Å². The number of aliphatic carboxylic acids is 1. The normalized spacial score (nSPS) is 12.4. The van der Waals surface area contributed by atoms with Gasteiger partial charge in [0.05, 0.1) is 6.20 Å². The van der Waals surface area contributed by atoms with E-state index >= 15 is 0 Å². The Labute approximate surface area is 90.7 Å². The van der Waals surface area contributed by atoms with E-state index in [1.807, 2.05) is 0 Å². The quantitative estimate of drug-likeness (QED) is 0.784. The molecule has 6 heteroatoms. The molecule has 3 N–H and O–H groups in total. The minimum Gasteiger partial charge on any atom is -0.480 e. The first-order valence-electron chi connectivity index (χ1n) is 4.25. The lowest BCUT2D eigenvalue weighted by molar-refractivity contribution is -0.137. The monoisotopic (exact) mass is 230 g/mol. The molecule has 0 unspecified atom stereocenters. The molecule has 4 nitrogen and oxygen atoms in total. The largest absolute Gasteiger partial charge is 0.480 e. The van der Waals surface area contributed by atoms with Crippen molar-refractivity contribution < 1.29 is 14.3 Å². The van der Waals surface area contributed by atoms with E-state index in [-0.39, 0.29) is 0 Å². The Kier molecular flexibility index (Phi) is 4.51. The van der Waals surface area contributed by atoms with Crippen molar-refractivity contribution in [3.8, 4) is 0 Å². The lowest BCUT2D eigenvalue weighted by atomic mass is 10.3. The van der Waals surface area contributed by atoms with E-state index in [9.17, 15) is 9.18 Å². The maximum Gasteiger partial charge on any atom is 0.321 e. The van der Waals surface area contributed by atoms with Gasteiger partial charge in [0.25, 0.3) is 0 Å². The Balaban J connectivity index is 2.35. The predicted octanol–water partition coefficient (Wildman–Crippen LogP) is 0.866. The summed E-state index contributed by atoms with van der Waals surface area (Å²) in [7, 11) is 0. The molecule has 0 bridgehead atoms. The second kappa shape index (κ2) is 5.67. The number of carboxylic acid groups (broad SMARTS) is 1. The fourth-order valence-corrected chi connectivity index (χ4v) is 1.82. The van der Waals surface area contributed by atoms with Crippen molar-refractivity contribution in [1.29, 1.82) is 0 Å². The lowest BCUT2D eigenvalue weighted by Crippen LogP contribution is -2.32. The number of halogens is 1. The maximum absolute atomic E-state index is 12.7. The van der Waals surface area contributed by atoms with Gasteiger partial charge in [-0.2, -0.15) is 11.8 Å². The number of aromatic nitrogens is 1. The van der Waals surface area contributed by atoms with Crippen LogP contribution in [0.15, 0.2) is 18.5 Å². The highest BCUT2D eigenvalue weighted by Gasteiger charge is 2.10. The molecule has 0 aliphatic rings. The van der Waals surface area contributed by atoms with E-state index in [4.69, 9.17) is 10.8 Å². The highest BCUT2D eigenvalue weighted by molar-refractivity contribution is 7.98. The maximum atomic E-state index is 12.7. The summed E-state index contributed by atoms with van der Waals surface area (Å²) in [6.45, 7) is 0. The van der Waals surface area contributed by atoms with Crippen LogP contribution >= 0.6 is 11.8 Å². The van der Waals surface area contributed by atoms with Crippen LogP contribution in [0.2, 0.25) is 0 Å². The highest BCUT2D eigenvalue weighted by Crippen LogP contribution is 2.12. The summed E-state index contributed by atoms with van der Waals surface area (Å²) in [6, 6.07) is 0.489. The van der Waals surface area contributed by atoms with Crippen LogP contribution in [-0.2, 0) is 10.5 Å². The zero-order chi connectivity index (χ0) is 11.3. The van der Waals surface area contributed by atoms with Crippen LogP contribution in [0.5, 0.6) is 0 Å². The van der Waals surface area contributed by atoms with Crippen molar-refractivity contribution in [3.05, 3.63) is 29.8 Å². The Bertz CT molecular complexity index is 349. The average Bonchev–Trinajstić information content (AvgIpc) is 2.17. The number of nitrogens with zero attached hydrogens (tertiary/aromatic N) is 1. The van der Waals surface area contributed by atoms with Crippen molar-refractivity contribution in [2.24, 2.45) is 5.73 Å². The van der Waals surface area contributed by atoms with Gasteiger partial charge in [-0.25, -0.2) is 4.39 Å². The number of carbonyl (C=O) groups is 1. The average molecular weight is 230 g/mol. The van der Waals surface area contributed by atoms with Crippen molar-refractivity contribution in [2.75, 3.05) is 5.75 Å². The number of carboxylic acids is 1. The van der Waals surface area contributed by atoms with Gasteiger partial charge in [-0.15, -0.1) is 0 Å². The van der Waals surface area contributed by atoms with Crippen molar-refractivity contribution >= 4 is 17.7 Å². The van der Waals surface area contributed by atoms with Gasteiger partial charge in [-0.1, -0.05) is 0 Å². The first-order valence-corrected chi connectivity index (χ1v) is 5.40. The molecule has 1 rings (SSSR count). The molecule has 0 aliphatic heterocycles. The second-order valence-corrected chi connectivity index (χ2v) is 4.00. The van der Waals surface area contributed by atoms with Crippen LogP contribution < -0.4 is 5.73 Å². The Morgan fingerprint density at radius 2 is 2.40 bits per heavy atom. The van der Waals surface area contributed by atoms with Gasteiger partial charge < -0.3 is 10.8 Å². The molecule has 0 saturated heterocycles. The number of nitrogens with two attached hydrogens (primary N) is 1. The molecular weight excluding hydrogens is 219 g/mol. The standard InChI is InChI=1S/C9H11FN2O2S/c10-7-1-6(2-12-3-7)4-15-5-8(11)9(13)14/h1-3,8H,4-5,11H2,(H,13,14)/t8-/m1/s1. The van der Waals surface area contributed by atoms with E-state index in [0.717, 1.165) is 11.8 Å². The van der Waals surface area contributed by atoms with Crippen LogP contribution in [0.25, 0.3) is 0 Å². The molecule has 82 valence electrons. The van der Waals surface area contributed by atoms with Crippen LogP contribution in [0, 0.1) is 5.82 Å². The van der Waals surface area contributed by atoms with Crippen molar-refractivity contribution in [1.82, 2.24) is 4.98 Å². The first kappa shape index (κ1) is 11.9. The number of hydrogen-bond acceptors (Lipinski definition) is 4. The number of hydrogen-bond donors (Lipinski definition) is 2. The van der Waals surface area contributed by atoms with Gasteiger partial charge in [0.2, 0.25) is 0 Å². The van der Waals surface area contributed by atoms with E-state index in [1.165, 1.54) is 17.8 Å². The summed E-state index contributed by atoms with van der Waals surface area (Å²) in [5.41, 5.74) is 6.02. The summed E-state index contributed by atoms with van der Waals surface area (Å²) in [5, 5.41) is 8.51. The zero-order valence-electron chi connectivity index (χ0n) is 7.89. The third-order valence-corrected chi connectivity index (χ3v) is 2.78. The Morgan fingerprint density at radius 1 is 1.67 bits per heavy atom. The molecule has 1 aromatic rings. The highest BCUT2D eigenvalue weighted by atomic mass is 32.2. The third kappa shape index (κ3) is 4.26. The van der Waals surface area contributed by atoms with Gasteiger partial charge in [0.1, 0.15) is 11.9 Å². The van der Waals surface area contributed by atoms with Gasteiger partial charge in [0, 0.05) is 17.7 Å². The SMILES string of the molecule is N[C@H](CSCc1cncc(F)c1)C(=O)O. The fraction of sp³-hybridized carbons (Fsp3) is 0.333. The smallest absolute Gasteiger partial charge is 0.321 e. The zero-order valence-corrected chi connectivity index (χ0v) is 8.71. The van der Waals surface area contributed by atoms with E-state index in [0.29, 0.717) is 11.5 Å². The lowest BCUT2D eigenvalue weighted by Gasteiger charge is -2.05. The first-order chi connectivity index (χ1) is 7.09. The van der Waals surface area contributed by atoms with E-state index in [1.54, 1.807) is 6.20 Å². The molecule has 1 atom stereocenters. The number of thioether (sulfide) groups is 1. The topological polar surface area (TPSA) is 76.2 Å². The minimum absolute atomic E-state index is 0.297. The summed E-state index contributed by atoms with van der Waals surface area (Å²) >= 11 is 1.34. The van der Waals surface area contributed by atoms with Crippen LogP contribution in [0.1, 0.15) is 5.56 Å². The molecule has 0 spiro atoms. The Morgan fingerprint density at radius 3 is 3.00 bits per heavy atom. The van der Waals surface area contributed by atoms with Crippen LogP contribution in [-0.4, -0.2) is 27.9 Å². The van der Waals surface area contributed by atoms with Gasteiger partial charge in [-0.3, -0.25) is 9.78 Å². The molecular formula is C9H11FN2O2S. The van der Waals surface area contributed by atoms with Gasteiger partial charge >= 0.3 is 5.97 Å². The molecule has 0 radical (unpaired) electrons. The molecule has 0 fully saturated rings. The molecule has 1 heterocycles. The fourth-order valence-electron chi connectivity index (χ4n) is 0.910. The van der Waals surface area contributed by atoms with E-state index in [2.05, 4.69) is 4.98 Å². The molecule has 0 aromatic carbocycles. The Hall–Kier alpha value is -1.14. The third-order valence-electron chi connectivity index (χ3n) is 1.64. The molecule has 0 amide bonds. The predicted molar refractivity (Wildman–Crippen MR) is 56.0 cm³/mol.